The van der Waals surface area contributed by atoms with Crippen LogP contribution >= 0.6 is 0 Å². The molecule has 2 aliphatic carbocycles. The first-order valence-corrected chi connectivity index (χ1v) is 8.37. The second kappa shape index (κ2) is 6.45. The Hall–Kier alpha value is -3.05. The predicted octanol–water partition coefficient (Wildman–Crippen LogP) is 3.07. The van der Waals surface area contributed by atoms with Gasteiger partial charge in [-0.2, -0.15) is 10.5 Å². The lowest BCUT2D eigenvalue weighted by Gasteiger charge is -2.38. The smallest absolute Gasteiger partial charge is 0.333 e. The van der Waals surface area contributed by atoms with Gasteiger partial charge in [-0.05, 0) is 37.3 Å². The van der Waals surface area contributed by atoms with Gasteiger partial charge >= 0.3 is 5.97 Å². The number of nitriles is 2. The Morgan fingerprint density at radius 2 is 2.04 bits per heavy atom. The summed E-state index contributed by atoms with van der Waals surface area (Å²) in [6.45, 7) is 1.83. The minimum Gasteiger partial charge on any atom is -0.464 e. The lowest BCUT2D eigenvalue weighted by Crippen LogP contribution is -2.45. The Balaban J connectivity index is 2.32. The number of nitrogens with zero attached hydrogens (tertiary/aromatic N) is 2. The highest BCUT2D eigenvalue weighted by Crippen LogP contribution is 2.55. The zero-order valence-electron chi connectivity index (χ0n) is 14.1. The molecule has 0 fully saturated rings. The minimum absolute atomic E-state index is 0.0189. The third-order valence-electron chi connectivity index (χ3n) is 5.06. The van der Waals surface area contributed by atoms with Crippen LogP contribution in [0.5, 0.6) is 0 Å². The minimum atomic E-state index is -1.70. The summed E-state index contributed by atoms with van der Waals surface area (Å²) >= 11 is 0. The van der Waals surface area contributed by atoms with Crippen molar-refractivity contribution in [2.45, 2.75) is 32.1 Å². The van der Waals surface area contributed by atoms with Gasteiger partial charge in [-0.25, -0.2) is 4.79 Å². The molecule has 0 spiro atoms. The number of esters is 1. The summed E-state index contributed by atoms with van der Waals surface area (Å²) in [5.41, 5.74) is 7.58. The van der Waals surface area contributed by atoms with Crippen molar-refractivity contribution in [1.29, 1.82) is 10.5 Å². The Labute approximate surface area is 147 Å². The molecule has 0 amide bonds. The summed E-state index contributed by atoms with van der Waals surface area (Å²) in [7, 11) is 0. The summed E-state index contributed by atoms with van der Waals surface area (Å²) in [5.74, 6) is -1.21. The van der Waals surface area contributed by atoms with Gasteiger partial charge in [0, 0.05) is 5.92 Å². The first kappa shape index (κ1) is 16.8. The van der Waals surface area contributed by atoms with Gasteiger partial charge in [-0.3, -0.25) is 0 Å². The Kier molecular flexibility index (Phi) is 4.33. The van der Waals surface area contributed by atoms with Crippen LogP contribution in [0.15, 0.2) is 52.7 Å². The molecule has 0 aliphatic heterocycles. The molecular weight excluding hydrogens is 314 g/mol. The lowest BCUT2D eigenvalue weighted by atomic mass is 9.62. The Morgan fingerprint density at radius 1 is 1.32 bits per heavy atom. The van der Waals surface area contributed by atoms with E-state index in [0.717, 1.165) is 36.0 Å². The van der Waals surface area contributed by atoms with Crippen molar-refractivity contribution in [2.75, 3.05) is 6.61 Å². The van der Waals surface area contributed by atoms with E-state index in [-0.39, 0.29) is 17.9 Å². The molecule has 5 heteroatoms. The molecule has 1 aromatic carbocycles. The monoisotopic (exact) mass is 333 g/mol. The van der Waals surface area contributed by atoms with Crippen LogP contribution in [0.4, 0.5) is 0 Å². The van der Waals surface area contributed by atoms with Crippen molar-refractivity contribution in [1.82, 2.24) is 0 Å². The third-order valence-corrected chi connectivity index (χ3v) is 5.06. The Bertz CT molecular complexity index is 855. The quantitative estimate of drug-likeness (QED) is 0.857. The number of carbonyl (C=O) groups is 1. The second-order valence-electron chi connectivity index (χ2n) is 6.24. The molecule has 1 aromatic rings. The zero-order chi connectivity index (χ0) is 18.0. The van der Waals surface area contributed by atoms with Gasteiger partial charge in [0.2, 0.25) is 5.41 Å². The summed E-state index contributed by atoms with van der Waals surface area (Å²) in [5, 5.41) is 19.7. The van der Waals surface area contributed by atoms with E-state index in [4.69, 9.17) is 10.5 Å². The van der Waals surface area contributed by atoms with Crippen LogP contribution in [0, 0.1) is 28.1 Å². The van der Waals surface area contributed by atoms with Crippen LogP contribution in [0.2, 0.25) is 0 Å². The summed E-state index contributed by atoms with van der Waals surface area (Å²) < 4.78 is 5.23. The number of rotatable bonds is 3. The molecule has 0 bridgehead atoms. The average molecular weight is 333 g/mol. The van der Waals surface area contributed by atoms with Crippen LogP contribution in [-0.2, 0) is 9.53 Å². The number of carbonyl (C=O) groups excluding carboxylic acids is 1. The molecule has 0 aromatic heterocycles. The molecule has 2 aliphatic rings. The van der Waals surface area contributed by atoms with Crippen molar-refractivity contribution in [3.05, 3.63) is 58.3 Å². The van der Waals surface area contributed by atoms with Gasteiger partial charge in [0.25, 0.3) is 0 Å². The number of allylic oxidation sites excluding steroid dienone is 3. The van der Waals surface area contributed by atoms with Gasteiger partial charge < -0.3 is 10.5 Å². The first-order valence-electron chi connectivity index (χ1n) is 8.37. The number of ether oxygens (including phenoxy) is 1. The van der Waals surface area contributed by atoms with Crippen LogP contribution in [-0.4, -0.2) is 12.6 Å². The summed E-state index contributed by atoms with van der Waals surface area (Å²) in [6.07, 6.45) is 2.37. The highest BCUT2D eigenvalue weighted by atomic mass is 16.5. The SMILES string of the molecule is CCOC(=O)[C@]1(C#N)C(N)=C(C#N)C2=C(CCC2)[C@H]1c1ccccc1. The number of nitrogens with two attached hydrogens (primary N) is 1. The highest BCUT2D eigenvalue weighted by molar-refractivity contribution is 5.88. The van der Waals surface area contributed by atoms with Gasteiger partial charge in [-0.15, -0.1) is 0 Å². The summed E-state index contributed by atoms with van der Waals surface area (Å²) in [4.78, 5) is 12.9. The predicted molar refractivity (Wildman–Crippen MR) is 91.6 cm³/mol. The van der Waals surface area contributed by atoms with Crippen LogP contribution in [0.3, 0.4) is 0 Å². The van der Waals surface area contributed by atoms with Crippen LogP contribution < -0.4 is 5.73 Å². The molecule has 5 nitrogen and oxygen atoms in total. The topological polar surface area (TPSA) is 99.9 Å². The van der Waals surface area contributed by atoms with Crippen molar-refractivity contribution in [3.8, 4) is 12.1 Å². The standard InChI is InChI=1S/C20H19N3O2/c1-2-25-19(24)20(12-22)17(13-7-4-3-5-8-13)15-10-6-9-14(15)16(11-21)18(20)23/h3-5,7-8,17H,2,6,9-10,23H2,1H3/t17-,20+/m1/s1. The zero-order valence-corrected chi connectivity index (χ0v) is 14.1. The molecule has 25 heavy (non-hydrogen) atoms. The number of hydrogen-bond donors (Lipinski definition) is 1. The van der Waals surface area contributed by atoms with Crippen LogP contribution in [0.1, 0.15) is 37.7 Å². The second-order valence-corrected chi connectivity index (χ2v) is 6.24. The normalized spacial score (nSPS) is 25.2. The molecule has 126 valence electrons. The molecule has 2 N–H and O–H groups in total. The fraction of sp³-hybridized carbons (Fsp3) is 0.350. The maximum atomic E-state index is 12.9. The number of benzene rings is 1. The fourth-order valence-electron chi connectivity index (χ4n) is 4.02. The molecule has 2 atom stereocenters. The molecule has 0 unspecified atom stereocenters. The van der Waals surface area contributed by atoms with Crippen molar-refractivity contribution in [3.63, 3.8) is 0 Å². The molecule has 0 heterocycles. The van der Waals surface area contributed by atoms with E-state index in [1.54, 1.807) is 6.92 Å². The fourth-order valence-corrected chi connectivity index (χ4v) is 4.02. The largest absolute Gasteiger partial charge is 0.464 e. The van der Waals surface area contributed by atoms with Gasteiger partial charge in [0.05, 0.1) is 23.9 Å². The van der Waals surface area contributed by atoms with E-state index >= 15 is 0 Å². The van der Waals surface area contributed by atoms with E-state index in [0.29, 0.717) is 0 Å². The Morgan fingerprint density at radius 3 is 2.64 bits per heavy atom. The molecule has 0 saturated carbocycles. The highest BCUT2D eigenvalue weighted by Gasteiger charge is 2.57. The van der Waals surface area contributed by atoms with E-state index in [2.05, 4.69) is 12.1 Å². The first-order chi connectivity index (χ1) is 12.1. The van der Waals surface area contributed by atoms with E-state index in [1.165, 1.54) is 0 Å². The third kappa shape index (κ3) is 2.32. The van der Waals surface area contributed by atoms with E-state index in [9.17, 15) is 15.3 Å². The number of hydrogen-bond acceptors (Lipinski definition) is 5. The van der Waals surface area contributed by atoms with Gasteiger partial charge in [-0.1, -0.05) is 35.9 Å². The van der Waals surface area contributed by atoms with Gasteiger partial charge in [0.15, 0.2) is 0 Å². The maximum absolute atomic E-state index is 12.9. The lowest BCUT2D eigenvalue weighted by molar-refractivity contribution is -0.151. The molecular formula is C20H19N3O2. The molecule has 3 rings (SSSR count). The summed E-state index contributed by atoms with van der Waals surface area (Å²) in [6, 6.07) is 13.7. The van der Waals surface area contributed by atoms with E-state index in [1.807, 2.05) is 30.3 Å². The maximum Gasteiger partial charge on any atom is 0.333 e. The van der Waals surface area contributed by atoms with Crippen molar-refractivity contribution in [2.24, 2.45) is 11.1 Å². The molecule has 0 saturated heterocycles. The van der Waals surface area contributed by atoms with Crippen molar-refractivity contribution >= 4 is 5.97 Å². The average Bonchev–Trinajstić information content (AvgIpc) is 3.10. The van der Waals surface area contributed by atoms with E-state index < -0.39 is 17.3 Å². The van der Waals surface area contributed by atoms with Gasteiger partial charge in [0.1, 0.15) is 6.07 Å². The van der Waals surface area contributed by atoms with Crippen LogP contribution in [0.25, 0.3) is 0 Å². The van der Waals surface area contributed by atoms with Crippen molar-refractivity contribution < 1.29 is 9.53 Å². The molecule has 0 radical (unpaired) electrons.